The molecule has 0 fully saturated rings. The van der Waals surface area contributed by atoms with Crippen LogP contribution in [0.5, 0.6) is 0 Å². The molecular formula is C22H33N3O. The van der Waals surface area contributed by atoms with Crippen LogP contribution >= 0.6 is 0 Å². The first-order valence-electron chi connectivity index (χ1n) is 10.1. The Hall–Kier alpha value is -2.10. The molecule has 1 aromatic heterocycles. The number of imidazole rings is 1. The number of para-hydroxylation sites is 2. The van der Waals surface area contributed by atoms with Gasteiger partial charge in [0.2, 0.25) is 5.91 Å². The van der Waals surface area contributed by atoms with Crippen LogP contribution in [0.3, 0.4) is 0 Å². The average molecular weight is 356 g/mol. The van der Waals surface area contributed by atoms with Crippen LogP contribution in [-0.4, -0.2) is 22.0 Å². The van der Waals surface area contributed by atoms with Gasteiger partial charge < -0.3 is 9.88 Å². The van der Waals surface area contributed by atoms with Crippen LogP contribution in [0, 0.1) is 0 Å². The standard InChI is InChI=1S/C22H33N3O/c1-3-5-6-12-18-25-20-15-10-9-14-19(20)24-21(25)16-8-7-11-17-23-22(26)13-4-2/h4,9-10,13-15H,3,5-8,11-12,16-18H2,1-2H3,(H,23,26)/b13-4+. The Morgan fingerprint density at radius 1 is 1.12 bits per heavy atom. The molecule has 1 amide bonds. The molecule has 0 radical (unpaired) electrons. The van der Waals surface area contributed by atoms with Crippen molar-refractivity contribution in [2.45, 2.75) is 71.8 Å². The van der Waals surface area contributed by atoms with Gasteiger partial charge in [-0.05, 0) is 44.4 Å². The molecule has 0 saturated heterocycles. The molecule has 0 aliphatic rings. The van der Waals surface area contributed by atoms with Crippen molar-refractivity contribution in [2.75, 3.05) is 6.54 Å². The molecule has 26 heavy (non-hydrogen) atoms. The first-order valence-corrected chi connectivity index (χ1v) is 10.1. The summed E-state index contributed by atoms with van der Waals surface area (Å²) in [5.41, 5.74) is 2.37. The zero-order valence-corrected chi connectivity index (χ0v) is 16.3. The van der Waals surface area contributed by atoms with Crippen molar-refractivity contribution in [1.29, 1.82) is 0 Å². The van der Waals surface area contributed by atoms with Gasteiger partial charge in [-0.2, -0.15) is 0 Å². The molecular weight excluding hydrogens is 322 g/mol. The van der Waals surface area contributed by atoms with Gasteiger partial charge in [0, 0.05) is 19.5 Å². The minimum absolute atomic E-state index is 0.00127. The lowest BCUT2D eigenvalue weighted by molar-refractivity contribution is -0.116. The third kappa shape index (κ3) is 6.32. The van der Waals surface area contributed by atoms with E-state index in [-0.39, 0.29) is 5.91 Å². The number of benzene rings is 1. The summed E-state index contributed by atoms with van der Waals surface area (Å²) in [4.78, 5) is 16.2. The zero-order valence-electron chi connectivity index (χ0n) is 16.3. The number of aromatic nitrogens is 2. The molecule has 0 saturated carbocycles. The van der Waals surface area contributed by atoms with E-state index in [9.17, 15) is 4.79 Å². The Kier molecular flexibility index (Phi) is 8.94. The molecule has 1 heterocycles. The van der Waals surface area contributed by atoms with E-state index in [4.69, 9.17) is 4.98 Å². The molecule has 4 heteroatoms. The van der Waals surface area contributed by atoms with Crippen molar-refractivity contribution in [3.8, 4) is 0 Å². The van der Waals surface area contributed by atoms with Gasteiger partial charge in [0.25, 0.3) is 0 Å². The van der Waals surface area contributed by atoms with Crippen LogP contribution in [0.2, 0.25) is 0 Å². The molecule has 2 rings (SSSR count). The monoisotopic (exact) mass is 355 g/mol. The van der Waals surface area contributed by atoms with Crippen molar-refractivity contribution in [3.63, 3.8) is 0 Å². The van der Waals surface area contributed by atoms with E-state index in [0.29, 0.717) is 0 Å². The number of rotatable bonds is 12. The van der Waals surface area contributed by atoms with Crippen LogP contribution in [-0.2, 0) is 17.8 Å². The molecule has 0 spiro atoms. The number of nitrogens with zero attached hydrogens (tertiary/aromatic N) is 2. The fourth-order valence-electron chi connectivity index (χ4n) is 3.27. The van der Waals surface area contributed by atoms with Gasteiger partial charge in [0.1, 0.15) is 5.82 Å². The van der Waals surface area contributed by atoms with Gasteiger partial charge in [-0.3, -0.25) is 4.79 Å². The van der Waals surface area contributed by atoms with E-state index >= 15 is 0 Å². The van der Waals surface area contributed by atoms with Crippen LogP contribution in [0.15, 0.2) is 36.4 Å². The van der Waals surface area contributed by atoms with Gasteiger partial charge in [-0.15, -0.1) is 0 Å². The third-order valence-electron chi connectivity index (χ3n) is 4.66. The summed E-state index contributed by atoms with van der Waals surface area (Å²) in [5.74, 6) is 1.21. The number of amides is 1. The van der Waals surface area contributed by atoms with Gasteiger partial charge in [-0.1, -0.05) is 50.8 Å². The van der Waals surface area contributed by atoms with Gasteiger partial charge >= 0.3 is 0 Å². The topological polar surface area (TPSA) is 46.9 Å². The molecule has 142 valence electrons. The number of allylic oxidation sites excluding steroid dienone is 1. The Morgan fingerprint density at radius 3 is 2.73 bits per heavy atom. The van der Waals surface area contributed by atoms with Crippen molar-refractivity contribution in [2.24, 2.45) is 0 Å². The van der Waals surface area contributed by atoms with E-state index in [0.717, 1.165) is 44.3 Å². The first kappa shape index (κ1) is 20.2. The molecule has 1 N–H and O–H groups in total. The maximum absolute atomic E-state index is 11.4. The Morgan fingerprint density at radius 2 is 1.92 bits per heavy atom. The van der Waals surface area contributed by atoms with E-state index < -0.39 is 0 Å². The summed E-state index contributed by atoms with van der Waals surface area (Å²) in [7, 11) is 0. The highest BCUT2D eigenvalue weighted by atomic mass is 16.1. The maximum Gasteiger partial charge on any atom is 0.243 e. The predicted octanol–water partition coefficient (Wildman–Crippen LogP) is 5.02. The highest BCUT2D eigenvalue weighted by Crippen LogP contribution is 2.19. The second-order valence-electron chi connectivity index (χ2n) is 6.83. The quantitative estimate of drug-likeness (QED) is 0.429. The zero-order chi connectivity index (χ0) is 18.6. The smallest absolute Gasteiger partial charge is 0.243 e. The number of unbranched alkanes of at least 4 members (excludes halogenated alkanes) is 5. The maximum atomic E-state index is 11.4. The predicted molar refractivity (Wildman–Crippen MR) is 109 cm³/mol. The molecule has 2 aromatic rings. The van der Waals surface area contributed by atoms with Crippen LogP contribution < -0.4 is 5.32 Å². The lowest BCUT2D eigenvalue weighted by Gasteiger charge is -2.09. The molecule has 0 atom stereocenters. The molecule has 0 aliphatic heterocycles. The number of hydrogen-bond donors (Lipinski definition) is 1. The lowest BCUT2D eigenvalue weighted by atomic mass is 10.1. The highest BCUT2D eigenvalue weighted by Gasteiger charge is 2.09. The second-order valence-corrected chi connectivity index (χ2v) is 6.83. The summed E-state index contributed by atoms with van der Waals surface area (Å²) in [6.45, 7) is 5.92. The normalized spacial score (nSPS) is 11.5. The van der Waals surface area contributed by atoms with Crippen molar-refractivity contribution < 1.29 is 4.79 Å². The Bertz CT molecular complexity index is 702. The molecule has 1 aromatic carbocycles. The van der Waals surface area contributed by atoms with Crippen molar-refractivity contribution in [1.82, 2.24) is 14.9 Å². The highest BCUT2D eigenvalue weighted by molar-refractivity contribution is 5.87. The van der Waals surface area contributed by atoms with Crippen molar-refractivity contribution in [3.05, 3.63) is 42.2 Å². The van der Waals surface area contributed by atoms with E-state index in [1.165, 1.54) is 37.0 Å². The van der Waals surface area contributed by atoms with E-state index in [1.807, 2.05) is 6.92 Å². The Labute approximate surface area is 157 Å². The number of nitrogens with one attached hydrogen (secondary N) is 1. The van der Waals surface area contributed by atoms with Gasteiger partial charge in [0.05, 0.1) is 11.0 Å². The fraction of sp³-hybridized carbons (Fsp3) is 0.545. The number of hydrogen-bond acceptors (Lipinski definition) is 2. The van der Waals surface area contributed by atoms with Crippen LogP contribution in [0.4, 0.5) is 0 Å². The number of carbonyl (C=O) groups is 1. The summed E-state index contributed by atoms with van der Waals surface area (Å²) in [5, 5.41) is 2.91. The number of fused-ring (bicyclic) bond motifs is 1. The van der Waals surface area contributed by atoms with E-state index in [2.05, 4.69) is 41.1 Å². The largest absolute Gasteiger partial charge is 0.353 e. The Balaban J connectivity index is 1.84. The molecule has 0 bridgehead atoms. The van der Waals surface area contributed by atoms with Crippen molar-refractivity contribution >= 4 is 16.9 Å². The third-order valence-corrected chi connectivity index (χ3v) is 4.66. The molecule has 0 aliphatic carbocycles. The van der Waals surface area contributed by atoms with Crippen LogP contribution in [0.1, 0.15) is 64.6 Å². The minimum atomic E-state index is 0.00127. The average Bonchev–Trinajstić information content (AvgIpc) is 2.99. The minimum Gasteiger partial charge on any atom is -0.353 e. The summed E-state index contributed by atoms with van der Waals surface area (Å²) in [6, 6.07) is 8.46. The first-order chi connectivity index (χ1) is 12.8. The summed E-state index contributed by atoms with van der Waals surface area (Å²) in [6.07, 6.45) is 12.6. The second kappa shape index (κ2) is 11.5. The van der Waals surface area contributed by atoms with Crippen LogP contribution in [0.25, 0.3) is 11.0 Å². The van der Waals surface area contributed by atoms with E-state index in [1.54, 1.807) is 12.2 Å². The summed E-state index contributed by atoms with van der Waals surface area (Å²) >= 11 is 0. The summed E-state index contributed by atoms with van der Waals surface area (Å²) < 4.78 is 2.42. The molecule has 0 unspecified atom stereocenters. The number of aryl methyl sites for hydroxylation is 2. The molecule has 4 nitrogen and oxygen atoms in total. The SMILES string of the molecule is C/C=C/C(=O)NCCCCCc1nc2ccccc2n1CCCCCC. The lowest BCUT2D eigenvalue weighted by Crippen LogP contribution is -2.21. The fourth-order valence-corrected chi connectivity index (χ4v) is 3.27. The van der Waals surface area contributed by atoms with Gasteiger partial charge in [-0.25, -0.2) is 4.98 Å². The number of carbonyl (C=O) groups excluding carboxylic acids is 1. The van der Waals surface area contributed by atoms with Gasteiger partial charge in [0.15, 0.2) is 0 Å².